The minimum Gasteiger partial charge on any atom is -0.346 e. The number of nitrogens with zero attached hydrogens (tertiary/aromatic N) is 4. The summed E-state index contributed by atoms with van der Waals surface area (Å²) in [5, 5.41) is 9.63. The van der Waals surface area contributed by atoms with Gasteiger partial charge in [0.2, 0.25) is 5.13 Å². The van der Waals surface area contributed by atoms with Crippen molar-refractivity contribution in [3.8, 4) is 6.07 Å². The van der Waals surface area contributed by atoms with Gasteiger partial charge in [0.1, 0.15) is 5.82 Å². The first kappa shape index (κ1) is 13.9. The van der Waals surface area contributed by atoms with E-state index in [0.29, 0.717) is 12.3 Å². The fourth-order valence-corrected chi connectivity index (χ4v) is 2.34. The van der Waals surface area contributed by atoms with Crippen LogP contribution in [0.15, 0.2) is 0 Å². The Kier molecular flexibility index (Phi) is 5.92. The molecule has 0 unspecified atom stereocenters. The van der Waals surface area contributed by atoms with Gasteiger partial charge in [-0.05, 0) is 12.3 Å². The van der Waals surface area contributed by atoms with E-state index in [2.05, 4.69) is 41.1 Å². The largest absolute Gasteiger partial charge is 0.346 e. The molecule has 1 heterocycles. The molecule has 4 nitrogen and oxygen atoms in total. The van der Waals surface area contributed by atoms with E-state index < -0.39 is 0 Å². The molecule has 0 saturated heterocycles. The molecule has 0 spiro atoms. The van der Waals surface area contributed by atoms with Crippen LogP contribution in [-0.2, 0) is 6.42 Å². The summed E-state index contributed by atoms with van der Waals surface area (Å²) in [6.45, 7) is 8.15. The van der Waals surface area contributed by atoms with Gasteiger partial charge in [0.25, 0.3) is 0 Å². The third-order valence-corrected chi connectivity index (χ3v) is 3.10. The van der Waals surface area contributed by atoms with Crippen LogP contribution >= 0.6 is 11.5 Å². The van der Waals surface area contributed by atoms with E-state index in [1.807, 2.05) is 0 Å². The standard InChI is InChI=1S/C12H20N4S/c1-4-6-11-14-12(17-15-11)16(8-5-7-13)9-10(2)3/h10H,4-6,8-9H2,1-3H3. The second-order valence-electron chi connectivity index (χ2n) is 4.49. The van der Waals surface area contributed by atoms with Gasteiger partial charge in [-0.15, -0.1) is 0 Å². The van der Waals surface area contributed by atoms with Crippen LogP contribution in [0.5, 0.6) is 0 Å². The molecule has 0 bridgehead atoms. The summed E-state index contributed by atoms with van der Waals surface area (Å²) in [4.78, 5) is 6.70. The molecular weight excluding hydrogens is 232 g/mol. The summed E-state index contributed by atoms with van der Waals surface area (Å²) in [6.07, 6.45) is 2.54. The molecule has 0 N–H and O–H groups in total. The van der Waals surface area contributed by atoms with Crippen molar-refractivity contribution in [2.75, 3.05) is 18.0 Å². The fourth-order valence-electron chi connectivity index (χ4n) is 1.59. The molecule has 1 rings (SSSR count). The first-order chi connectivity index (χ1) is 8.17. The lowest BCUT2D eigenvalue weighted by Crippen LogP contribution is -2.28. The normalized spacial score (nSPS) is 10.5. The van der Waals surface area contributed by atoms with E-state index >= 15 is 0 Å². The number of hydrogen-bond acceptors (Lipinski definition) is 5. The highest BCUT2D eigenvalue weighted by Gasteiger charge is 2.13. The van der Waals surface area contributed by atoms with Gasteiger partial charge >= 0.3 is 0 Å². The molecule has 0 aliphatic rings. The molecular formula is C12H20N4S. The zero-order valence-electron chi connectivity index (χ0n) is 10.8. The van der Waals surface area contributed by atoms with Crippen molar-refractivity contribution >= 4 is 16.7 Å². The lowest BCUT2D eigenvalue weighted by atomic mass is 10.2. The molecule has 17 heavy (non-hydrogen) atoms. The maximum atomic E-state index is 8.68. The first-order valence-corrected chi connectivity index (χ1v) is 6.89. The lowest BCUT2D eigenvalue weighted by Gasteiger charge is -2.22. The number of anilines is 1. The maximum Gasteiger partial charge on any atom is 0.205 e. The predicted octanol–water partition coefficient (Wildman–Crippen LogP) is 2.87. The van der Waals surface area contributed by atoms with E-state index in [0.717, 1.165) is 36.9 Å². The summed E-state index contributed by atoms with van der Waals surface area (Å²) in [5.74, 6) is 1.49. The van der Waals surface area contributed by atoms with Crippen molar-refractivity contribution in [3.05, 3.63) is 5.82 Å². The number of aryl methyl sites for hydroxylation is 1. The van der Waals surface area contributed by atoms with Gasteiger partial charge in [-0.1, -0.05) is 20.8 Å². The van der Waals surface area contributed by atoms with Crippen molar-refractivity contribution in [2.45, 2.75) is 40.0 Å². The summed E-state index contributed by atoms with van der Waals surface area (Å²) in [7, 11) is 0. The molecule has 0 fully saturated rings. The topological polar surface area (TPSA) is 52.8 Å². The molecule has 0 saturated carbocycles. The van der Waals surface area contributed by atoms with E-state index in [1.54, 1.807) is 0 Å². The van der Waals surface area contributed by atoms with Crippen molar-refractivity contribution in [3.63, 3.8) is 0 Å². The summed E-state index contributed by atoms with van der Waals surface area (Å²) in [5.41, 5.74) is 0. The average molecular weight is 252 g/mol. The van der Waals surface area contributed by atoms with Gasteiger partial charge in [-0.2, -0.15) is 9.64 Å². The SMILES string of the molecule is CCCc1nsc(N(CCC#N)CC(C)C)n1. The van der Waals surface area contributed by atoms with Crippen LogP contribution in [0.25, 0.3) is 0 Å². The van der Waals surface area contributed by atoms with Crippen LogP contribution in [0.1, 0.15) is 39.4 Å². The van der Waals surface area contributed by atoms with Gasteiger partial charge in [0, 0.05) is 31.0 Å². The molecule has 1 aromatic rings. The highest BCUT2D eigenvalue weighted by Crippen LogP contribution is 2.19. The minimum atomic E-state index is 0.537. The van der Waals surface area contributed by atoms with Crippen LogP contribution in [0.3, 0.4) is 0 Å². The first-order valence-electron chi connectivity index (χ1n) is 6.11. The molecule has 94 valence electrons. The van der Waals surface area contributed by atoms with Gasteiger partial charge in [-0.25, -0.2) is 4.98 Å². The molecule has 0 aliphatic carbocycles. The Morgan fingerprint density at radius 1 is 1.47 bits per heavy atom. The van der Waals surface area contributed by atoms with Crippen LogP contribution in [0, 0.1) is 17.2 Å². The van der Waals surface area contributed by atoms with Gasteiger partial charge < -0.3 is 4.90 Å². The number of nitriles is 1. The van der Waals surface area contributed by atoms with E-state index in [4.69, 9.17) is 5.26 Å². The maximum absolute atomic E-state index is 8.68. The van der Waals surface area contributed by atoms with Crippen molar-refractivity contribution in [1.29, 1.82) is 5.26 Å². The average Bonchev–Trinajstić information content (AvgIpc) is 2.73. The second-order valence-corrected chi connectivity index (χ2v) is 5.22. The van der Waals surface area contributed by atoms with Crippen molar-refractivity contribution < 1.29 is 0 Å². The van der Waals surface area contributed by atoms with Crippen molar-refractivity contribution in [2.24, 2.45) is 5.92 Å². The predicted molar refractivity (Wildman–Crippen MR) is 71.2 cm³/mol. The molecule has 0 atom stereocenters. The number of hydrogen-bond donors (Lipinski definition) is 0. The third-order valence-electron chi connectivity index (χ3n) is 2.28. The highest BCUT2D eigenvalue weighted by atomic mass is 32.1. The summed E-state index contributed by atoms with van der Waals surface area (Å²) >= 11 is 1.45. The zero-order chi connectivity index (χ0) is 12.7. The van der Waals surface area contributed by atoms with E-state index in [-0.39, 0.29) is 0 Å². The van der Waals surface area contributed by atoms with E-state index in [1.165, 1.54) is 11.5 Å². The zero-order valence-corrected chi connectivity index (χ0v) is 11.6. The fraction of sp³-hybridized carbons (Fsp3) is 0.750. The quantitative estimate of drug-likeness (QED) is 0.748. The summed E-state index contributed by atoms with van der Waals surface area (Å²) < 4.78 is 4.35. The Bertz CT molecular complexity index is 367. The second kappa shape index (κ2) is 7.23. The number of aromatic nitrogens is 2. The van der Waals surface area contributed by atoms with Gasteiger partial charge in [-0.3, -0.25) is 0 Å². The molecule has 0 radical (unpaired) electrons. The van der Waals surface area contributed by atoms with Crippen LogP contribution in [-0.4, -0.2) is 22.4 Å². The van der Waals surface area contributed by atoms with Gasteiger partial charge in [0.05, 0.1) is 12.5 Å². The Morgan fingerprint density at radius 2 is 2.24 bits per heavy atom. The monoisotopic (exact) mass is 252 g/mol. The number of rotatable bonds is 7. The van der Waals surface area contributed by atoms with Crippen LogP contribution < -0.4 is 4.90 Å². The molecule has 5 heteroatoms. The summed E-state index contributed by atoms with van der Waals surface area (Å²) in [6, 6.07) is 2.19. The highest BCUT2D eigenvalue weighted by molar-refractivity contribution is 7.09. The Labute approximate surface area is 107 Å². The molecule has 0 aliphatic heterocycles. The van der Waals surface area contributed by atoms with Crippen molar-refractivity contribution in [1.82, 2.24) is 9.36 Å². The van der Waals surface area contributed by atoms with E-state index in [9.17, 15) is 0 Å². The Balaban J connectivity index is 2.69. The molecule has 0 amide bonds. The lowest BCUT2D eigenvalue weighted by molar-refractivity contribution is 0.610. The smallest absolute Gasteiger partial charge is 0.205 e. The van der Waals surface area contributed by atoms with Crippen LogP contribution in [0.4, 0.5) is 5.13 Å². The Morgan fingerprint density at radius 3 is 2.82 bits per heavy atom. The molecule has 0 aromatic carbocycles. The Hall–Kier alpha value is -1.15. The molecule has 1 aromatic heterocycles. The minimum absolute atomic E-state index is 0.537. The van der Waals surface area contributed by atoms with Crippen LogP contribution in [0.2, 0.25) is 0 Å². The third kappa shape index (κ3) is 4.70. The van der Waals surface area contributed by atoms with Gasteiger partial charge in [0.15, 0.2) is 0 Å².